The Kier molecular flexibility index (Phi) is 5.79. The zero-order chi connectivity index (χ0) is 20.1. The third kappa shape index (κ3) is 4.06. The van der Waals surface area contributed by atoms with Crippen molar-refractivity contribution in [3.05, 3.63) is 59.8 Å². The van der Waals surface area contributed by atoms with Gasteiger partial charge in [0.15, 0.2) is 11.5 Å². The number of anilines is 1. The number of para-hydroxylation sites is 1. The number of nitrogens with one attached hydrogen (secondary N) is 1. The molecule has 0 bridgehead atoms. The van der Waals surface area contributed by atoms with Gasteiger partial charge >= 0.3 is 0 Å². The summed E-state index contributed by atoms with van der Waals surface area (Å²) in [7, 11) is 4.65. The maximum atomic E-state index is 12.5. The summed E-state index contributed by atoms with van der Waals surface area (Å²) in [5, 5.41) is 3.81. The molecular formula is C22H22N2O4. The summed E-state index contributed by atoms with van der Waals surface area (Å²) < 4.78 is 16.0. The van der Waals surface area contributed by atoms with Crippen molar-refractivity contribution in [1.82, 2.24) is 4.98 Å². The van der Waals surface area contributed by atoms with E-state index in [1.54, 1.807) is 39.5 Å². The minimum absolute atomic E-state index is 0.246. The van der Waals surface area contributed by atoms with E-state index in [9.17, 15) is 4.79 Å². The molecule has 1 amide bonds. The smallest absolute Gasteiger partial charge is 0.248 e. The average Bonchev–Trinajstić information content (AvgIpc) is 2.71. The first-order valence-electron chi connectivity index (χ1n) is 8.71. The highest BCUT2D eigenvalue weighted by atomic mass is 16.5. The van der Waals surface area contributed by atoms with Gasteiger partial charge < -0.3 is 19.5 Å². The van der Waals surface area contributed by atoms with Crippen LogP contribution in [0.15, 0.2) is 48.5 Å². The summed E-state index contributed by atoms with van der Waals surface area (Å²) in [6, 6.07) is 13.1. The Hall–Kier alpha value is -3.54. The van der Waals surface area contributed by atoms with Gasteiger partial charge in [0.25, 0.3) is 0 Å². The number of fused-ring (bicyclic) bond motifs is 1. The Morgan fingerprint density at radius 2 is 1.68 bits per heavy atom. The summed E-state index contributed by atoms with van der Waals surface area (Å²) >= 11 is 0. The highest BCUT2D eigenvalue weighted by molar-refractivity contribution is 6.07. The lowest BCUT2D eigenvalue weighted by molar-refractivity contribution is -0.111. The molecule has 0 atom stereocenters. The number of aryl methyl sites for hydroxylation is 1. The third-order valence-corrected chi connectivity index (χ3v) is 4.22. The Morgan fingerprint density at radius 3 is 2.32 bits per heavy atom. The van der Waals surface area contributed by atoms with Gasteiger partial charge in [0, 0.05) is 17.2 Å². The van der Waals surface area contributed by atoms with Crippen LogP contribution in [0.5, 0.6) is 17.2 Å². The van der Waals surface area contributed by atoms with E-state index in [2.05, 4.69) is 10.3 Å². The van der Waals surface area contributed by atoms with Gasteiger partial charge in [-0.2, -0.15) is 0 Å². The topological polar surface area (TPSA) is 69.7 Å². The number of aromatic nitrogens is 1. The Morgan fingerprint density at radius 1 is 1.00 bits per heavy atom. The van der Waals surface area contributed by atoms with E-state index in [1.807, 2.05) is 37.3 Å². The Balaban J connectivity index is 1.85. The predicted octanol–water partition coefficient (Wildman–Crippen LogP) is 4.22. The van der Waals surface area contributed by atoms with Gasteiger partial charge in [-0.3, -0.25) is 9.78 Å². The second kappa shape index (κ2) is 8.43. The molecule has 0 spiro atoms. The first kappa shape index (κ1) is 19.2. The summed E-state index contributed by atoms with van der Waals surface area (Å²) in [5.74, 6) is 1.31. The van der Waals surface area contributed by atoms with Crippen LogP contribution in [0.4, 0.5) is 5.69 Å². The van der Waals surface area contributed by atoms with Crippen molar-refractivity contribution in [2.24, 2.45) is 0 Å². The standard InChI is InChI=1S/C22H22N2O4/c1-14-11-18(16-7-5-6-8-17(16)23-14)24-21(25)10-9-15-12-19(26-2)22(28-4)20(13-15)27-3/h5-13H,1-4H3,(H,23,24,25)/b10-9+. The lowest BCUT2D eigenvalue weighted by atomic mass is 10.1. The highest BCUT2D eigenvalue weighted by Gasteiger charge is 2.12. The normalized spacial score (nSPS) is 10.9. The number of pyridine rings is 1. The van der Waals surface area contributed by atoms with Crippen LogP contribution >= 0.6 is 0 Å². The van der Waals surface area contributed by atoms with Crippen molar-refractivity contribution in [3.8, 4) is 17.2 Å². The second-order valence-corrected chi connectivity index (χ2v) is 6.11. The van der Waals surface area contributed by atoms with Crippen LogP contribution in [0, 0.1) is 6.92 Å². The molecule has 6 nitrogen and oxygen atoms in total. The van der Waals surface area contributed by atoms with E-state index in [1.165, 1.54) is 6.08 Å². The first-order chi connectivity index (χ1) is 13.5. The molecule has 28 heavy (non-hydrogen) atoms. The fraction of sp³-hybridized carbons (Fsp3) is 0.182. The largest absolute Gasteiger partial charge is 0.493 e. The third-order valence-electron chi connectivity index (χ3n) is 4.22. The molecule has 0 fully saturated rings. The van der Waals surface area contributed by atoms with E-state index in [4.69, 9.17) is 14.2 Å². The lowest BCUT2D eigenvalue weighted by Crippen LogP contribution is -2.08. The van der Waals surface area contributed by atoms with Crippen molar-refractivity contribution in [1.29, 1.82) is 0 Å². The fourth-order valence-electron chi connectivity index (χ4n) is 2.96. The van der Waals surface area contributed by atoms with Gasteiger partial charge in [0.2, 0.25) is 11.7 Å². The molecule has 0 radical (unpaired) electrons. The summed E-state index contributed by atoms with van der Waals surface area (Å²) in [5.41, 5.74) is 3.15. The molecule has 0 aliphatic rings. The molecule has 0 aliphatic heterocycles. The molecule has 3 aromatic rings. The molecule has 2 aromatic carbocycles. The number of methoxy groups -OCH3 is 3. The monoisotopic (exact) mass is 378 g/mol. The zero-order valence-electron chi connectivity index (χ0n) is 16.3. The maximum Gasteiger partial charge on any atom is 0.248 e. The van der Waals surface area contributed by atoms with Crippen LogP contribution in [0.1, 0.15) is 11.3 Å². The second-order valence-electron chi connectivity index (χ2n) is 6.11. The van der Waals surface area contributed by atoms with Crippen LogP contribution in [-0.4, -0.2) is 32.2 Å². The van der Waals surface area contributed by atoms with E-state index in [0.717, 1.165) is 27.8 Å². The molecule has 6 heteroatoms. The van der Waals surface area contributed by atoms with Gasteiger partial charge in [0.05, 0.1) is 32.5 Å². The minimum atomic E-state index is -0.246. The van der Waals surface area contributed by atoms with Gasteiger partial charge in [0.1, 0.15) is 0 Å². The van der Waals surface area contributed by atoms with Crippen LogP contribution in [0.2, 0.25) is 0 Å². The number of carbonyl (C=O) groups is 1. The molecule has 0 aliphatic carbocycles. The van der Waals surface area contributed by atoms with Crippen molar-refractivity contribution < 1.29 is 19.0 Å². The number of rotatable bonds is 6. The van der Waals surface area contributed by atoms with Gasteiger partial charge in [-0.05, 0) is 42.8 Å². The van der Waals surface area contributed by atoms with E-state index in [-0.39, 0.29) is 5.91 Å². The van der Waals surface area contributed by atoms with E-state index >= 15 is 0 Å². The maximum absolute atomic E-state index is 12.5. The molecule has 0 saturated carbocycles. The molecule has 1 aromatic heterocycles. The number of nitrogens with zero attached hydrogens (tertiary/aromatic N) is 1. The molecular weight excluding hydrogens is 356 g/mol. The highest BCUT2D eigenvalue weighted by Crippen LogP contribution is 2.38. The van der Waals surface area contributed by atoms with E-state index in [0.29, 0.717) is 17.2 Å². The fourth-order valence-corrected chi connectivity index (χ4v) is 2.96. The van der Waals surface area contributed by atoms with Crippen molar-refractivity contribution in [3.63, 3.8) is 0 Å². The quantitative estimate of drug-likeness (QED) is 0.651. The lowest BCUT2D eigenvalue weighted by Gasteiger charge is -2.12. The molecule has 144 valence electrons. The zero-order valence-corrected chi connectivity index (χ0v) is 16.3. The molecule has 3 rings (SSSR count). The number of ether oxygens (including phenoxy) is 3. The summed E-state index contributed by atoms with van der Waals surface area (Å²) in [6.07, 6.45) is 3.15. The molecule has 0 unspecified atom stereocenters. The number of benzene rings is 2. The van der Waals surface area contributed by atoms with Crippen LogP contribution in [-0.2, 0) is 4.79 Å². The SMILES string of the molecule is COc1cc(/C=C/C(=O)Nc2cc(C)nc3ccccc23)cc(OC)c1OC. The number of hydrogen-bond acceptors (Lipinski definition) is 5. The number of carbonyl (C=O) groups excluding carboxylic acids is 1. The van der Waals surface area contributed by atoms with Gasteiger partial charge in [-0.25, -0.2) is 0 Å². The van der Waals surface area contributed by atoms with Gasteiger partial charge in [-0.15, -0.1) is 0 Å². The van der Waals surface area contributed by atoms with Crippen LogP contribution in [0.25, 0.3) is 17.0 Å². The number of hydrogen-bond donors (Lipinski definition) is 1. The first-order valence-corrected chi connectivity index (χ1v) is 8.71. The van der Waals surface area contributed by atoms with Crippen molar-refractivity contribution >= 4 is 28.6 Å². The summed E-state index contributed by atoms with van der Waals surface area (Å²) in [6.45, 7) is 1.90. The average molecular weight is 378 g/mol. The van der Waals surface area contributed by atoms with Crippen molar-refractivity contribution in [2.75, 3.05) is 26.6 Å². The van der Waals surface area contributed by atoms with Crippen LogP contribution in [0.3, 0.4) is 0 Å². The molecule has 0 saturated heterocycles. The van der Waals surface area contributed by atoms with Crippen LogP contribution < -0.4 is 19.5 Å². The predicted molar refractivity (Wildman–Crippen MR) is 110 cm³/mol. The van der Waals surface area contributed by atoms with Gasteiger partial charge in [-0.1, -0.05) is 18.2 Å². The molecule has 1 heterocycles. The number of amides is 1. The molecule has 1 N–H and O–H groups in total. The van der Waals surface area contributed by atoms with Crippen molar-refractivity contribution in [2.45, 2.75) is 6.92 Å². The Labute approximate surface area is 163 Å². The van der Waals surface area contributed by atoms with E-state index < -0.39 is 0 Å². The summed E-state index contributed by atoms with van der Waals surface area (Å²) in [4.78, 5) is 17.0. The minimum Gasteiger partial charge on any atom is -0.493 e. The Bertz CT molecular complexity index is 1020.